The summed E-state index contributed by atoms with van der Waals surface area (Å²) in [4.78, 5) is 0. The summed E-state index contributed by atoms with van der Waals surface area (Å²) < 4.78 is 0. The topological polar surface area (TPSA) is 12.0 Å². The van der Waals surface area contributed by atoms with Gasteiger partial charge < -0.3 is 5.32 Å². The van der Waals surface area contributed by atoms with Crippen LogP contribution < -0.4 is 5.32 Å². The summed E-state index contributed by atoms with van der Waals surface area (Å²) >= 11 is 0. The van der Waals surface area contributed by atoms with Gasteiger partial charge >= 0.3 is 0 Å². The highest BCUT2D eigenvalue weighted by molar-refractivity contribution is 4.59. The molecule has 0 aliphatic rings. The van der Waals surface area contributed by atoms with Crippen molar-refractivity contribution in [2.45, 2.75) is 59.8 Å². The van der Waals surface area contributed by atoms with Gasteiger partial charge in [0.15, 0.2) is 0 Å². The molecule has 0 rings (SSSR count). The van der Waals surface area contributed by atoms with E-state index in [9.17, 15) is 0 Å². The zero-order valence-corrected chi connectivity index (χ0v) is 10.3. The molecule has 0 heterocycles. The smallest absolute Gasteiger partial charge is 0 e. The van der Waals surface area contributed by atoms with Crippen LogP contribution in [0, 0.1) is 5.92 Å². The Hall–Kier alpha value is -0.0400. The Labute approximate surface area is 86.8 Å². The van der Waals surface area contributed by atoms with E-state index in [1.54, 1.807) is 0 Å². The minimum absolute atomic E-state index is 0. The van der Waals surface area contributed by atoms with Crippen molar-refractivity contribution in [3.05, 3.63) is 0 Å². The number of rotatable bonds is 6. The maximum atomic E-state index is 3.24. The Kier molecular flexibility index (Phi) is 17.2. The molecule has 0 aromatic rings. The van der Waals surface area contributed by atoms with Crippen molar-refractivity contribution in [2.75, 3.05) is 13.6 Å². The highest BCUT2D eigenvalue weighted by Crippen LogP contribution is 2.11. The first-order valence-electron chi connectivity index (χ1n) is 5.91. The van der Waals surface area contributed by atoms with Gasteiger partial charge in [-0.3, -0.25) is 0 Å². The number of hydrogen-bond acceptors (Lipinski definition) is 1. The molecule has 0 amide bonds. The molecule has 0 aromatic heterocycles. The summed E-state index contributed by atoms with van der Waals surface area (Å²) in [5, 5.41) is 3.24. The van der Waals surface area contributed by atoms with E-state index in [0.29, 0.717) is 0 Å². The van der Waals surface area contributed by atoms with E-state index in [-0.39, 0.29) is 1.43 Å². The third-order valence-corrected chi connectivity index (χ3v) is 1.89. The summed E-state index contributed by atoms with van der Waals surface area (Å²) in [6.07, 6.45) is 6.67. The van der Waals surface area contributed by atoms with E-state index in [4.69, 9.17) is 0 Å². The van der Waals surface area contributed by atoms with E-state index in [2.05, 4.69) is 33.0 Å². The van der Waals surface area contributed by atoms with Crippen molar-refractivity contribution in [3.8, 4) is 0 Å². The fraction of sp³-hybridized carbons (Fsp3) is 1.00. The quantitative estimate of drug-likeness (QED) is 0.664. The number of hydrogen-bond donors (Lipinski definition) is 1. The van der Waals surface area contributed by atoms with Crippen molar-refractivity contribution in [2.24, 2.45) is 5.92 Å². The van der Waals surface area contributed by atoms with Crippen LogP contribution in [0.4, 0.5) is 0 Å². The highest BCUT2D eigenvalue weighted by atomic mass is 14.8. The third-order valence-electron chi connectivity index (χ3n) is 1.89. The Bertz CT molecular complexity index is 62.5. The van der Waals surface area contributed by atoms with Gasteiger partial charge in [-0.15, -0.1) is 0 Å². The Morgan fingerprint density at radius 3 is 1.62 bits per heavy atom. The monoisotopic (exact) mass is 189 g/mol. The molecule has 0 saturated carbocycles. The van der Waals surface area contributed by atoms with Crippen molar-refractivity contribution in [3.63, 3.8) is 0 Å². The molecule has 0 unspecified atom stereocenters. The van der Waals surface area contributed by atoms with Crippen molar-refractivity contribution in [1.29, 1.82) is 0 Å². The van der Waals surface area contributed by atoms with E-state index >= 15 is 0 Å². The molecular weight excluding hydrogens is 158 g/mol. The van der Waals surface area contributed by atoms with Crippen LogP contribution in [0.1, 0.15) is 61.2 Å². The van der Waals surface area contributed by atoms with Crippen LogP contribution in [0.25, 0.3) is 0 Å². The lowest BCUT2D eigenvalue weighted by Gasteiger charge is -2.13. The van der Waals surface area contributed by atoms with E-state index in [0.717, 1.165) is 5.92 Å². The van der Waals surface area contributed by atoms with Crippen LogP contribution in [-0.2, 0) is 0 Å². The lowest BCUT2D eigenvalue weighted by Crippen LogP contribution is -2.18. The lowest BCUT2D eigenvalue weighted by molar-refractivity contribution is 0.424. The molecule has 13 heavy (non-hydrogen) atoms. The van der Waals surface area contributed by atoms with Gasteiger partial charge in [0.05, 0.1) is 0 Å². The molecule has 84 valence electrons. The molecule has 1 heteroatoms. The molecule has 0 aliphatic heterocycles. The first-order valence-corrected chi connectivity index (χ1v) is 5.91. The van der Waals surface area contributed by atoms with Crippen LogP contribution in [0.3, 0.4) is 0 Å². The SMILES string of the molecule is CCC.CCCC(CCC)CNC.[HH]. The average molecular weight is 189 g/mol. The van der Waals surface area contributed by atoms with Gasteiger partial charge in [0, 0.05) is 1.43 Å². The van der Waals surface area contributed by atoms with Gasteiger partial charge in [0.25, 0.3) is 0 Å². The lowest BCUT2D eigenvalue weighted by atomic mass is 9.98. The van der Waals surface area contributed by atoms with Crippen LogP contribution in [0.2, 0.25) is 0 Å². The van der Waals surface area contributed by atoms with Gasteiger partial charge in [-0.25, -0.2) is 0 Å². The molecule has 0 aromatic carbocycles. The minimum Gasteiger partial charge on any atom is -0.319 e. The molecule has 0 saturated heterocycles. The maximum absolute atomic E-state index is 3.24. The average Bonchev–Trinajstić information content (AvgIpc) is 2.07. The van der Waals surface area contributed by atoms with Crippen molar-refractivity contribution >= 4 is 0 Å². The molecule has 1 N–H and O–H groups in total. The minimum atomic E-state index is 0. The van der Waals surface area contributed by atoms with Gasteiger partial charge in [-0.2, -0.15) is 0 Å². The van der Waals surface area contributed by atoms with Crippen molar-refractivity contribution < 1.29 is 1.43 Å². The normalized spacial score (nSPS) is 9.69. The summed E-state index contributed by atoms with van der Waals surface area (Å²) in [5.74, 6) is 0.917. The zero-order valence-electron chi connectivity index (χ0n) is 10.3. The molecule has 0 fully saturated rings. The van der Waals surface area contributed by atoms with Gasteiger partial charge in [0.1, 0.15) is 0 Å². The Morgan fingerprint density at radius 2 is 1.38 bits per heavy atom. The molecule has 0 aliphatic carbocycles. The third kappa shape index (κ3) is 14.8. The fourth-order valence-electron chi connectivity index (χ4n) is 1.45. The summed E-state index contributed by atoms with van der Waals surface area (Å²) in [5.41, 5.74) is 0. The van der Waals surface area contributed by atoms with Gasteiger partial charge in [-0.1, -0.05) is 47.0 Å². The first kappa shape index (κ1) is 15.4. The standard InChI is InChI=1S/C9H21N.C3H8.H2/c1-4-6-9(7-5-2)8-10-3;1-3-2;/h9-10H,4-8H2,1-3H3;3H2,1-2H3;1H. The highest BCUT2D eigenvalue weighted by Gasteiger charge is 2.03. The second-order valence-corrected chi connectivity index (χ2v) is 3.71. The predicted molar refractivity (Wildman–Crippen MR) is 65.3 cm³/mol. The number of nitrogens with one attached hydrogen (secondary N) is 1. The van der Waals surface area contributed by atoms with Crippen LogP contribution in [-0.4, -0.2) is 13.6 Å². The second kappa shape index (κ2) is 14.5. The van der Waals surface area contributed by atoms with Crippen LogP contribution >= 0.6 is 0 Å². The Balaban J connectivity index is -0.000000267. The predicted octanol–water partition coefficient (Wildman–Crippen LogP) is 4.08. The van der Waals surface area contributed by atoms with Gasteiger partial charge in [-0.05, 0) is 32.4 Å². The molecule has 0 bridgehead atoms. The summed E-state index contributed by atoms with van der Waals surface area (Å²) in [6.45, 7) is 9.97. The Morgan fingerprint density at radius 1 is 1.00 bits per heavy atom. The molecular formula is C12H31N. The largest absolute Gasteiger partial charge is 0.319 e. The fourth-order valence-corrected chi connectivity index (χ4v) is 1.45. The van der Waals surface area contributed by atoms with Crippen LogP contribution in [0.5, 0.6) is 0 Å². The van der Waals surface area contributed by atoms with E-state index in [1.807, 2.05) is 7.05 Å². The van der Waals surface area contributed by atoms with Gasteiger partial charge in [0.2, 0.25) is 0 Å². The van der Waals surface area contributed by atoms with Crippen molar-refractivity contribution in [1.82, 2.24) is 5.32 Å². The van der Waals surface area contributed by atoms with E-state index in [1.165, 1.54) is 38.6 Å². The van der Waals surface area contributed by atoms with Crippen LogP contribution in [0.15, 0.2) is 0 Å². The summed E-state index contributed by atoms with van der Waals surface area (Å²) in [7, 11) is 2.04. The molecule has 0 atom stereocenters. The molecule has 1 nitrogen and oxygen atoms in total. The maximum Gasteiger partial charge on any atom is 0 e. The second-order valence-electron chi connectivity index (χ2n) is 3.71. The molecule has 0 radical (unpaired) electrons. The first-order chi connectivity index (χ1) is 6.26. The zero-order chi connectivity index (χ0) is 10.5. The van der Waals surface area contributed by atoms with E-state index < -0.39 is 0 Å². The summed E-state index contributed by atoms with van der Waals surface area (Å²) in [6, 6.07) is 0. The molecule has 0 spiro atoms.